The van der Waals surface area contributed by atoms with E-state index in [1.807, 2.05) is 13.2 Å². The number of hydrogen-bond donors (Lipinski definition) is 0. The van der Waals surface area contributed by atoms with Gasteiger partial charge in [0.1, 0.15) is 11.6 Å². The Morgan fingerprint density at radius 1 is 1.42 bits per heavy atom. The first-order valence-electron chi connectivity index (χ1n) is 4.16. The molecule has 0 aromatic rings. The lowest BCUT2D eigenvalue weighted by Crippen LogP contribution is -2.19. The van der Waals surface area contributed by atoms with Crippen LogP contribution in [0.15, 0.2) is 0 Å². The molecule has 0 aromatic carbocycles. The van der Waals surface area contributed by atoms with E-state index in [2.05, 4.69) is 0 Å². The normalized spacial score (nSPS) is 12.6. The molecule has 0 aliphatic heterocycles. The molecule has 3 heteroatoms. The molecule has 0 bridgehead atoms. The van der Waals surface area contributed by atoms with Crippen molar-refractivity contribution in [2.75, 3.05) is 6.26 Å². The fourth-order valence-corrected chi connectivity index (χ4v) is 1.78. The molecule has 1 unspecified atom stereocenters. The molecule has 0 aliphatic carbocycles. The lowest BCUT2D eigenvalue weighted by atomic mass is 10.1. The second kappa shape index (κ2) is 6.23. The molecule has 0 radical (unpaired) electrons. The fraction of sp³-hybridized carbons (Fsp3) is 0.778. The Morgan fingerprint density at radius 2 is 2.00 bits per heavy atom. The first-order chi connectivity index (χ1) is 5.61. The number of rotatable bonds is 6. The van der Waals surface area contributed by atoms with Crippen molar-refractivity contribution in [2.45, 2.75) is 38.4 Å². The van der Waals surface area contributed by atoms with Crippen molar-refractivity contribution in [1.29, 1.82) is 0 Å². The Morgan fingerprint density at radius 3 is 2.33 bits per heavy atom. The van der Waals surface area contributed by atoms with E-state index in [-0.39, 0.29) is 16.8 Å². The Labute approximate surface area is 78.1 Å². The molecule has 0 N–H and O–H groups in total. The van der Waals surface area contributed by atoms with Crippen LogP contribution in [-0.2, 0) is 9.59 Å². The van der Waals surface area contributed by atoms with Crippen LogP contribution >= 0.6 is 11.8 Å². The number of thioether (sulfide) groups is 1. The minimum atomic E-state index is -0.109. The Hall–Kier alpha value is -0.310. The predicted octanol–water partition coefficient (Wildman–Crippen LogP) is 2.07. The van der Waals surface area contributed by atoms with Gasteiger partial charge in [-0.2, -0.15) is 11.8 Å². The van der Waals surface area contributed by atoms with E-state index in [1.165, 1.54) is 18.7 Å². The SMILES string of the molecule is CCCC(=O)C(CC(C)=O)SC. The van der Waals surface area contributed by atoms with Gasteiger partial charge in [-0.3, -0.25) is 9.59 Å². The Kier molecular flexibility index (Phi) is 6.07. The zero-order chi connectivity index (χ0) is 9.56. The van der Waals surface area contributed by atoms with Crippen molar-refractivity contribution >= 4 is 23.3 Å². The van der Waals surface area contributed by atoms with Gasteiger partial charge >= 0.3 is 0 Å². The zero-order valence-electron chi connectivity index (χ0n) is 7.92. The molecule has 0 rings (SSSR count). The van der Waals surface area contributed by atoms with Crippen LogP contribution in [0.5, 0.6) is 0 Å². The van der Waals surface area contributed by atoms with Crippen LogP contribution in [0.1, 0.15) is 33.1 Å². The monoisotopic (exact) mass is 188 g/mol. The van der Waals surface area contributed by atoms with E-state index in [9.17, 15) is 9.59 Å². The highest BCUT2D eigenvalue weighted by Gasteiger charge is 2.17. The second-order valence-electron chi connectivity index (χ2n) is 2.85. The van der Waals surface area contributed by atoms with Crippen LogP contribution in [0.4, 0.5) is 0 Å². The predicted molar refractivity (Wildman–Crippen MR) is 52.5 cm³/mol. The summed E-state index contributed by atoms with van der Waals surface area (Å²) in [5.74, 6) is 0.305. The third kappa shape index (κ3) is 4.54. The summed E-state index contributed by atoms with van der Waals surface area (Å²) in [4.78, 5) is 22.1. The van der Waals surface area contributed by atoms with Gasteiger partial charge in [-0.25, -0.2) is 0 Å². The number of ketones is 2. The maximum atomic E-state index is 11.3. The van der Waals surface area contributed by atoms with Crippen LogP contribution in [-0.4, -0.2) is 23.1 Å². The van der Waals surface area contributed by atoms with Crippen molar-refractivity contribution in [3.8, 4) is 0 Å². The van der Waals surface area contributed by atoms with E-state index in [4.69, 9.17) is 0 Å². The minimum Gasteiger partial charge on any atom is -0.300 e. The van der Waals surface area contributed by atoms with E-state index >= 15 is 0 Å². The lowest BCUT2D eigenvalue weighted by molar-refractivity contribution is -0.122. The molecule has 0 fully saturated rings. The summed E-state index contributed by atoms with van der Waals surface area (Å²) >= 11 is 1.48. The third-order valence-corrected chi connectivity index (χ3v) is 2.61. The van der Waals surface area contributed by atoms with Crippen LogP contribution < -0.4 is 0 Å². The molecule has 12 heavy (non-hydrogen) atoms. The highest BCUT2D eigenvalue weighted by molar-refractivity contribution is 7.99. The number of Topliss-reactive ketones (excluding diaryl/α,β-unsaturated/α-hetero) is 2. The highest BCUT2D eigenvalue weighted by Crippen LogP contribution is 2.14. The maximum absolute atomic E-state index is 11.3. The molecule has 0 spiro atoms. The molecule has 0 saturated carbocycles. The van der Waals surface area contributed by atoms with Gasteiger partial charge < -0.3 is 0 Å². The van der Waals surface area contributed by atoms with Gasteiger partial charge in [0.25, 0.3) is 0 Å². The van der Waals surface area contributed by atoms with Crippen molar-refractivity contribution in [3.05, 3.63) is 0 Å². The molecule has 70 valence electrons. The lowest BCUT2D eigenvalue weighted by Gasteiger charge is -2.09. The molecule has 0 saturated heterocycles. The largest absolute Gasteiger partial charge is 0.300 e. The number of carbonyl (C=O) groups is 2. The Bertz CT molecular complexity index is 166. The fourth-order valence-electron chi connectivity index (χ4n) is 0.997. The van der Waals surface area contributed by atoms with E-state index in [0.717, 1.165) is 6.42 Å². The average Bonchev–Trinajstić information content (AvgIpc) is 2.00. The van der Waals surface area contributed by atoms with Crippen molar-refractivity contribution in [3.63, 3.8) is 0 Å². The molecule has 1 atom stereocenters. The summed E-state index contributed by atoms with van der Waals surface area (Å²) in [6, 6.07) is 0. The zero-order valence-corrected chi connectivity index (χ0v) is 8.74. The van der Waals surface area contributed by atoms with Gasteiger partial charge in [-0.1, -0.05) is 6.92 Å². The first-order valence-corrected chi connectivity index (χ1v) is 5.45. The van der Waals surface area contributed by atoms with Crippen LogP contribution in [0, 0.1) is 0 Å². The van der Waals surface area contributed by atoms with E-state index in [0.29, 0.717) is 12.8 Å². The van der Waals surface area contributed by atoms with E-state index < -0.39 is 0 Å². The topological polar surface area (TPSA) is 34.1 Å². The third-order valence-electron chi connectivity index (χ3n) is 1.61. The minimum absolute atomic E-state index is 0.0961. The van der Waals surface area contributed by atoms with Crippen molar-refractivity contribution in [1.82, 2.24) is 0 Å². The number of hydrogen-bond acceptors (Lipinski definition) is 3. The molecule has 0 amide bonds. The van der Waals surface area contributed by atoms with Gasteiger partial charge in [-0.05, 0) is 19.6 Å². The standard InChI is InChI=1S/C9H16O2S/c1-4-5-8(11)9(12-3)6-7(2)10/h9H,4-6H2,1-3H3. The molecule has 0 heterocycles. The summed E-state index contributed by atoms with van der Waals surface area (Å²) < 4.78 is 0. The van der Waals surface area contributed by atoms with Crippen molar-refractivity contribution < 1.29 is 9.59 Å². The van der Waals surface area contributed by atoms with Crippen LogP contribution in [0.3, 0.4) is 0 Å². The molecular weight excluding hydrogens is 172 g/mol. The maximum Gasteiger partial charge on any atom is 0.146 e. The molecule has 0 aliphatic rings. The second-order valence-corrected chi connectivity index (χ2v) is 3.89. The van der Waals surface area contributed by atoms with Gasteiger partial charge in [0, 0.05) is 12.8 Å². The molecular formula is C9H16O2S. The van der Waals surface area contributed by atoms with Gasteiger partial charge in [-0.15, -0.1) is 0 Å². The summed E-state index contributed by atoms with van der Waals surface area (Å²) in [7, 11) is 0. The first kappa shape index (κ1) is 11.7. The van der Waals surface area contributed by atoms with Gasteiger partial charge in [0.05, 0.1) is 5.25 Å². The molecule has 0 aromatic heterocycles. The quantitative estimate of drug-likeness (QED) is 0.640. The summed E-state index contributed by atoms with van der Waals surface area (Å²) in [6.07, 6.45) is 3.73. The van der Waals surface area contributed by atoms with E-state index in [1.54, 1.807) is 0 Å². The summed E-state index contributed by atoms with van der Waals surface area (Å²) in [6.45, 7) is 3.51. The van der Waals surface area contributed by atoms with Gasteiger partial charge in [0.15, 0.2) is 0 Å². The smallest absolute Gasteiger partial charge is 0.146 e. The van der Waals surface area contributed by atoms with Crippen LogP contribution in [0.2, 0.25) is 0 Å². The van der Waals surface area contributed by atoms with Crippen LogP contribution in [0.25, 0.3) is 0 Å². The molecule has 2 nitrogen and oxygen atoms in total. The number of carbonyl (C=O) groups excluding carboxylic acids is 2. The van der Waals surface area contributed by atoms with Gasteiger partial charge in [0.2, 0.25) is 0 Å². The highest BCUT2D eigenvalue weighted by atomic mass is 32.2. The Balaban J connectivity index is 3.96. The van der Waals surface area contributed by atoms with Crippen molar-refractivity contribution in [2.24, 2.45) is 0 Å². The summed E-state index contributed by atoms with van der Waals surface area (Å²) in [5.41, 5.74) is 0. The summed E-state index contributed by atoms with van der Waals surface area (Å²) in [5, 5.41) is -0.109. The average molecular weight is 188 g/mol.